The molecule has 0 saturated heterocycles. The number of fused-ring (bicyclic) bond motifs is 1. The van der Waals surface area contributed by atoms with Gasteiger partial charge in [-0.1, -0.05) is 18.2 Å². The summed E-state index contributed by atoms with van der Waals surface area (Å²) in [6.07, 6.45) is 3.07. The molecule has 1 atom stereocenters. The highest BCUT2D eigenvalue weighted by Crippen LogP contribution is 2.29. The Morgan fingerprint density at radius 2 is 1.89 bits per heavy atom. The fourth-order valence-corrected chi connectivity index (χ4v) is 4.91. The van der Waals surface area contributed by atoms with Crippen LogP contribution in [0.25, 0.3) is 16.7 Å². The molecular weight excluding hydrogens is 384 g/mol. The van der Waals surface area contributed by atoms with Gasteiger partial charge < -0.3 is 0 Å². The van der Waals surface area contributed by atoms with Crippen molar-refractivity contribution >= 4 is 32.8 Å². The van der Waals surface area contributed by atoms with Crippen LogP contribution in [0.15, 0.2) is 60.0 Å². The zero-order chi connectivity index (χ0) is 19.0. The average molecular weight is 400 g/mol. The molecule has 4 rings (SSSR count). The summed E-state index contributed by atoms with van der Waals surface area (Å²) >= 11 is 1.00. The van der Waals surface area contributed by atoms with Crippen molar-refractivity contribution in [1.82, 2.24) is 27.8 Å². The summed E-state index contributed by atoms with van der Waals surface area (Å²) in [4.78, 5) is 4.09. The highest BCUT2D eigenvalue weighted by atomic mass is 32.2. The van der Waals surface area contributed by atoms with Gasteiger partial charge in [0.2, 0.25) is 10.0 Å². The van der Waals surface area contributed by atoms with Gasteiger partial charge in [-0.15, -0.1) is 0 Å². The first-order valence-electron chi connectivity index (χ1n) is 8.13. The highest BCUT2D eigenvalue weighted by molar-refractivity contribution is 7.89. The predicted molar refractivity (Wildman–Crippen MR) is 102 cm³/mol. The first-order chi connectivity index (χ1) is 13.0. The normalized spacial score (nSPS) is 13.3. The minimum atomic E-state index is -3.73. The summed E-state index contributed by atoms with van der Waals surface area (Å²) in [5, 5.41) is 4.09. The van der Waals surface area contributed by atoms with Crippen molar-refractivity contribution in [2.45, 2.75) is 17.9 Å². The molecule has 1 unspecified atom stereocenters. The van der Waals surface area contributed by atoms with Crippen LogP contribution in [0.2, 0.25) is 0 Å². The Morgan fingerprint density at radius 3 is 2.59 bits per heavy atom. The van der Waals surface area contributed by atoms with Gasteiger partial charge >= 0.3 is 0 Å². The first kappa shape index (κ1) is 17.7. The van der Waals surface area contributed by atoms with E-state index in [2.05, 4.69) is 18.8 Å². The van der Waals surface area contributed by atoms with E-state index in [1.165, 1.54) is 10.6 Å². The molecule has 10 heteroatoms. The summed E-state index contributed by atoms with van der Waals surface area (Å²) < 4.78 is 37.6. The van der Waals surface area contributed by atoms with Crippen molar-refractivity contribution in [2.24, 2.45) is 0 Å². The lowest BCUT2D eigenvalue weighted by Crippen LogP contribution is -2.30. The smallest absolute Gasteiger partial charge is 0.223 e. The maximum atomic E-state index is 13.2. The van der Waals surface area contributed by atoms with Crippen molar-refractivity contribution in [1.29, 1.82) is 0 Å². The lowest BCUT2D eigenvalue weighted by atomic mass is 10.1. The molecule has 8 nitrogen and oxygen atoms in total. The average Bonchev–Trinajstić information content (AvgIpc) is 3.38. The van der Waals surface area contributed by atoms with E-state index in [4.69, 9.17) is 0 Å². The van der Waals surface area contributed by atoms with Crippen LogP contribution in [0.5, 0.6) is 0 Å². The molecule has 27 heavy (non-hydrogen) atoms. The van der Waals surface area contributed by atoms with Crippen molar-refractivity contribution in [3.05, 3.63) is 60.7 Å². The zero-order valence-corrected chi connectivity index (χ0v) is 16.2. The van der Waals surface area contributed by atoms with Crippen LogP contribution in [0.3, 0.4) is 0 Å². The SMILES string of the molecule is CC(c1ccc(-n2cncn2)cc1)N(C)S(=O)(=O)c1cccc2nsnc12. The number of nitrogens with zero attached hydrogens (tertiary/aromatic N) is 6. The molecule has 0 aliphatic carbocycles. The number of aromatic nitrogens is 5. The van der Waals surface area contributed by atoms with E-state index in [1.807, 2.05) is 31.2 Å². The van der Waals surface area contributed by atoms with E-state index >= 15 is 0 Å². The third-order valence-corrected chi connectivity index (χ3v) is 7.01. The quantitative estimate of drug-likeness (QED) is 0.511. The minimum Gasteiger partial charge on any atom is -0.223 e. The van der Waals surface area contributed by atoms with Crippen LogP contribution in [0, 0.1) is 0 Å². The third kappa shape index (κ3) is 3.11. The molecule has 0 fully saturated rings. The number of hydrogen-bond acceptors (Lipinski definition) is 7. The second-order valence-corrected chi connectivity index (χ2v) is 8.51. The Hall–Kier alpha value is -2.69. The Morgan fingerprint density at radius 1 is 1.11 bits per heavy atom. The number of sulfonamides is 1. The van der Waals surface area contributed by atoms with Crippen LogP contribution < -0.4 is 0 Å². The van der Waals surface area contributed by atoms with Crippen molar-refractivity contribution in [3.8, 4) is 5.69 Å². The summed E-state index contributed by atoms with van der Waals surface area (Å²) in [6, 6.07) is 12.2. The van der Waals surface area contributed by atoms with Gasteiger partial charge in [0, 0.05) is 13.1 Å². The van der Waals surface area contributed by atoms with Gasteiger partial charge in [0.25, 0.3) is 0 Å². The topological polar surface area (TPSA) is 93.9 Å². The van der Waals surface area contributed by atoms with Crippen LogP contribution in [0.1, 0.15) is 18.5 Å². The van der Waals surface area contributed by atoms with E-state index in [0.29, 0.717) is 11.0 Å². The third-order valence-electron chi connectivity index (χ3n) is 4.51. The molecule has 2 aromatic carbocycles. The van der Waals surface area contributed by atoms with Crippen LogP contribution >= 0.6 is 11.7 Å². The number of hydrogen-bond donors (Lipinski definition) is 0. The molecule has 0 radical (unpaired) electrons. The molecule has 0 bridgehead atoms. The maximum Gasteiger partial charge on any atom is 0.245 e. The molecule has 2 heterocycles. The van der Waals surface area contributed by atoms with Gasteiger partial charge in [0.1, 0.15) is 28.6 Å². The summed E-state index contributed by atoms with van der Waals surface area (Å²) in [5.41, 5.74) is 2.71. The first-order valence-corrected chi connectivity index (χ1v) is 10.3. The monoisotopic (exact) mass is 400 g/mol. The summed E-state index contributed by atoms with van der Waals surface area (Å²) in [7, 11) is -2.15. The fourth-order valence-electron chi connectivity index (χ4n) is 2.81. The second kappa shape index (κ2) is 6.80. The summed E-state index contributed by atoms with van der Waals surface area (Å²) in [5.74, 6) is 0. The molecule has 0 aliphatic heterocycles. The molecule has 2 aromatic heterocycles. The Kier molecular flexibility index (Phi) is 4.46. The van der Waals surface area contributed by atoms with Gasteiger partial charge in [-0.2, -0.15) is 18.2 Å². The number of benzene rings is 2. The molecule has 0 aliphatic rings. The van der Waals surface area contributed by atoms with E-state index in [9.17, 15) is 8.42 Å². The minimum absolute atomic E-state index is 0.169. The van der Waals surface area contributed by atoms with Crippen LogP contribution in [-0.4, -0.2) is 43.3 Å². The summed E-state index contributed by atoms with van der Waals surface area (Å²) in [6.45, 7) is 1.85. The second-order valence-electron chi connectivity index (χ2n) is 6.02. The van der Waals surface area contributed by atoms with Crippen molar-refractivity contribution in [3.63, 3.8) is 0 Å². The fraction of sp³-hybridized carbons (Fsp3) is 0.176. The van der Waals surface area contributed by atoms with E-state index in [-0.39, 0.29) is 10.9 Å². The zero-order valence-electron chi connectivity index (χ0n) is 14.6. The Bertz CT molecular complexity index is 1170. The van der Waals surface area contributed by atoms with E-state index in [1.54, 1.807) is 36.3 Å². The van der Waals surface area contributed by atoms with Crippen molar-refractivity contribution in [2.75, 3.05) is 7.05 Å². The maximum absolute atomic E-state index is 13.2. The molecule has 0 spiro atoms. The van der Waals surface area contributed by atoms with E-state index in [0.717, 1.165) is 23.0 Å². The molecule has 0 saturated carbocycles. The molecule has 138 valence electrons. The lowest BCUT2D eigenvalue weighted by molar-refractivity contribution is 0.399. The highest BCUT2D eigenvalue weighted by Gasteiger charge is 2.29. The lowest BCUT2D eigenvalue weighted by Gasteiger charge is -2.25. The molecule has 0 amide bonds. The molecule has 4 aromatic rings. The molecule has 0 N–H and O–H groups in total. The van der Waals surface area contributed by atoms with Gasteiger partial charge in [-0.05, 0) is 36.8 Å². The Labute approximate surface area is 160 Å². The van der Waals surface area contributed by atoms with Crippen LogP contribution in [0.4, 0.5) is 0 Å². The van der Waals surface area contributed by atoms with Crippen molar-refractivity contribution < 1.29 is 8.42 Å². The largest absolute Gasteiger partial charge is 0.245 e. The van der Waals surface area contributed by atoms with Gasteiger partial charge in [-0.25, -0.2) is 18.1 Å². The van der Waals surface area contributed by atoms with Gasteiger partial charge in [0.15, 0.2) is 0 Å². The van der Waals surface area contributed by atoms with Gasteiger partial charge in [0.05, 0.1) is 17.4 Å². The van der Waals surface area contributed by atoms with Gasteiger partial charge in [-0.3, -0.25) is 0 Å². The molecular formula is C17H16N6O2S2. The predicted octanol–water partition coefficient (Wildman–Crippen LogP) is 2.65. The Balaban J connectivity index is 1.65. The standard InChI is InChI=1S/C17H16N6O2S2/c1-12(13-6-8-14(9-7-13)23-11-18-10-19-23)22(2)27(24,25)16-5-3-4-15-17(16)21-26-20-15/h3-12H,1-2H3. The van der Waals surface area contributed by atoms with Crippen LogP contribution in [-0.2, 0) is 10.0 Å². The van der Waals surface area contributed by atoms with E-state index < -0.39 is 10.0 Å². The number of rotatable bonds is 5.